The van der Waals surface area contributed by atoms with Crippen molar-refractivity contribution >= 4 is 0 Å². The average molecular weight is 221 g/mol. The van der Waals surface area contributed by atoms with Crippen LogP contribution in [0.2, 0.25) is 0 Å². The zero-order chi connectivity index (χ0) is 11.5. The molecule has 1 nitrogen and oxygen atoms in total. The Morgan fingerprint density at radius 2 is 2.06 bits per heavy atom. The van der Waals surface area contributed by atoms with Gasteiger partial charge in [-0.2, -0.15) is 0 Å². The first-order chi connectivity index (χ1) is 7.63. The molecule has 2 rings (SSSR count). The lowest BCUT2D eigenvalue weighted by atomic mass is 9.83. The van der Waals surface area contributed by atoms with Gasteiger partial charge in [0.1, 0.15) is 0 Å². The van der Waals surface area contributed by atoms with Gasteiger partial charge in [-0.05, 0) is 63.3 Å². The van der Waals surface area contributed by atoms with Crippen LogP contribution >= 0.6 is 0 Å². The molecule has 0 radical (unpaired) electrons. The molecule has 4 atom stereocenters. The van der Waals surface area contributed by atoms with Crippen molar-refractivity contribution in [2.75, 3.05) is 6.54 Å². The largest absolute Gasteiger partial charge is 0.314 e. The van der Waals surface area contributed by atoms with E-state index in [1.165, 1.54) is 38.6 Å². The fourth-order valence-electron chi connectivity index (χ4n) is 3.57. The molecule has 1 saturated carbocycles. The SMILES string of the molecule is CC1=CC(C)CC(CNC2CCC(C)C2)C1. The van der Waals surface area contributed by atoms with E-state index >= 15 is 0 Å². The van der Waals surface area contributed by atoms with E-state index in [0.717, 1.165) is 23.8 Å². The first kappa shape index (κ1) is 12.2. The standard InChI is InChI=1S/C15H27N/c1-11-4-5-15(9-11)16-10-14-7-12(2)6-13(3)8-14/h6,11-12,14-16H,4-5,7-10H2,1-3H3. The Balaban J connectivity index is 1.72. The summed E-state index contributed by atoms with van der Waals surface area (Å²) in [6, 6.07) is 0.816. The minimum Gasteiger partial charge on any atom is -0.314 e. The Hall–Kier alpha value is -0.300. The van der Waals surface area contributed by atoms with E-state index in [1.54, 1.807) is 5.57 Å². The van der Waals surface area contributed by atoms with Crippen molar-refractivity contribution in [3.8, 4) is 0 Å². The van der Waals surface area contributed by atoms with Crippen molar-refractivity contribution in [1.29, 1.82) is 0 Å². The summed E-state index contributed by atoms with van der Waals surface area (Å²) in [7, 11) is 0. The Labute approximate surface area is 101 Å². The maximum Gasteiger partial charge on any atom is 0.00698 e. The highest BCUT2D eigenvalue weighted by atomic mass is 14.9. The molecule has 1 fully saturated rings. The number of nitrogens with one attached hydrogen (secondary N) is 1. The molecule has 2 aliphatic carbocycles. The molecule has 4 unspecified atom stereocenters. The van der Waals surface area contributed by atoms with Crippen molar-refractivity contribution in [3.05, 3.63) is 11.6 Å². The minimum absolute atomic E-state index is 0.794. The van der Waals surface area contributed by atoms with Crippen LogP contribution in [0.5, 0.6) is 0 Å². The van der Waals surface area contributed by atoms with E-state index in [0.29, 0.717) is 0 Å². The molecule has 2 aliphatic rings. The van der Waals surface area contributed by atoms with E-state index in [4.69, 9.17) is 0 Å². The molecular formula is C15H27N. The summed E-state index contributed by atoms with van der Waals surface area (Å²) in [5.41, 5.74) is 1.60. The van der Waals surface area contributed by atoms with Crippen molar-refractivity contribution in [1.82, 2.24) is 5.32 Å². The first-order valence-electron chi connectivity index (χ1n) is 7.04. The molecule has 0 heterocycles. The second-order valence-corrected chi connectivity index (χ2v) is 6.32. The van der Waals surface area contributed by atoms with Gasteiger partial charge in [-0.25, -0.2) is 0 Å². The fraction of sp³-hybridized carbons (Fsp3) is 0.867. The van der Waals surface area contributed by atoms with Crippen LogP contribution < -0.4 is 5.32 Å². The Morgan fingerprint density at radius 1 is 1.25 bits per heavy atom. The second kappa shape index (κ2) is 5.35. The smallest absolute Gasteiger partial charge is 0.00698 e. The van der Waals surface area contributed by atoms with Crippen molar-refractivity contribution in [2.45, 2.75) is 58.9 Å². The summed E-state index contributed by atoms with van der Waals surface area (Å²) < 4.78 is 0. The third kappa shape index (κ3) is 3.35. The quantitative estimate of drug-likeness (QED) is 0.716. The molecule has 0 aromatic heterocycles. The summed E-state index contributed by atoms with van der Waals surface area (Å²) >= 11 is 0. The normalized spacial score (nSPS) is 39.8. The summed E-state index contributed by atoms with van der Waals surface area (Å²) in [6.45, 7) is 8.28. The molecule has 0 bridgehead atoms. The summed E-state index contributed by atoms with van der Waals surface area (Å²) in [5.74, 6) is 2.63. The summed E-state index contributed by atoms with van der Waals surface area (Å²) in [5, 5.41) is 3.80. The number of allylic oxidation sites excluding steroid dienone is 2. The van der Waals surface area contributed by atoms with E-state index < -0.39 is 0 Å². The molecule has 92 valence electrons. The Kier molecular flexibility index (Phi) is 4.07. The molecule has 0 aromatic carbocycles. The predicted molar refractivity (Wildman–Crippen MR) is 70.5 cm³/mol. The monoisotopic (exact) mass is 221 g/mol. The van der Waals surface area contributed by atoms with Crippen LogP contribution in [0.15, 0.2) is 11.6 Å². The van der Waals surface area contributed by atoms with Gasteiger partial charge >= 0.3 is 0 Å². The van der Waals surface area contributed by atoms with Gasteiger partial charge in [0, 0.05) is 6.04 Å². The fourth-order valence-corrected chi connectivity index (χ4v) is 3.57. The number of rotatable bonds is 3. The van der Waals surface area contributed by atoms with Crippen LogP contribution in [0, 0.1) is 17.8 Å². The van der Waals surface area contributed by atoms with E-state index in [1.807, 2.05) is 0 Å². The van der Waals surface area contributed by atoms with Crippen LogP contribution in [0.4, 0.5) is 0 Å². The van der Waals surface area contributed by atoms with E-state index in [2.05, 4.69) is 32.2 Å². The highest BCUT2D eigenvalue weighted by Gasteiger charge is 2.23. The molecule has 1 heteroatoms. The predicted octanol–water partition coefficient (Wildman–Crippen LogP) is 3.76. The zero-order valence-corrected chi connectivity index (χ0v) is 11.1. The van der Waals surface area contributed by atoms with Gasteiger partial charge in [0.2, 0.25) is 0 Å². The van der Waals surface area contributed by atoms with Crippen LogP contribution in [-0.2, 0) is 0 Å². The van der Waals surface area contributed by atoms with Crippen molar-refractivity contribution < 1.29 is 0 Å². The third-order valence-electron chi connectivity index (χ3n) is 4.27. The summed E-state index contributed by atoms with van der Waals surface area (Å²) in [6.07, 6.45) is 9.38. The average Bonchev–Trinajstić information content (AvgIpc) is 2.60. The van der Waals surface area contributed by atoms with Gasteiger partial charge in [0.15, 0.2) is 0 Å². The van der Waals surface area contributed by atoms with Crippen molar-refractivity contribution in [2.24, 2.45) is 17.8 Å². The molecule has 16 heavy (non-hydrogen) atoms. The lowest BCUT2D eigenvalue weighted by Crippen LogP contribution is -2.33. The lowest BCUT2D eigenvalue weighted by Gasteiger charge is -2.27. The highest BCUT2D eigenvalue weighted by molar-refractivity contribution is 5.06. The highest BCUT2D eigenvalue weighted by Crippen LogP contribution is 2.29. The Bertz CT molecular complexity index is 256. The molecule has 0 saturated heterocycles. The van der Waals surface area contributed by atoms with Crippen LogP contribution in [0.25, 0.3) is 0 Å². The molecule has 1 N–H and O–H groups in total. The molecule has 0 aromatic rings. The molecule has 0 aliphatic heterocycles. The van der Waals surface area contributed by atoms with E-state index in [9.17, 15) is 0 Å². The molecular weight excluding hydrogens is 194 g/mol. The van der Waals surface area contributed by atoms with Crippen LogP contribution in [-0.4, -0.2) is 12.6 Å². The van der Waals surface area contributed by atoms with Gasteiger partial charge in [-0.1, -0.05) is 25.5 Å². The zero-order valence-electron chi connectivity index (χ0n) is 11.1. The second-order valence-electron chi connectivity index (χ2n) is 6.32. The van der Waals surface area contributed by atoms with Gasteiger partial charge in [0.25, 0.3) is 0 Å². The van der Waals surface area contributed by atoms with E-state index in [-0.39, 0.29) is 0 Å². The van der Waals surface area contributed by atoms with Crippen LogP contribution in [0.3, 0.4) is 0 Å². The van der Waals surface area contributed by atoms with Crippen molar-refractivity contribution in [3.63, 3.8) is 0 Å². The third-order valence-corrected chi connectivity index (χ3v) is 4.27. The molecule has 0 amide bonds. The summed E-state index contributed by atoms with van der Waals surface area (Å²) in [4.78, 5) is 0. The number of hydrogen-bond donors (Lipinski definition) is 1. The first-order valence-corrected chi connectivity index (χ1v) is 7.04. The molecule has 0 spiro atoms. The van der Waals surface area contributed by atoms with Crippen LogP contribution in [0.1, 0.15) is 52.9 Å². The van der Waals surface area contributed by atoms with Gasteiger partial charge < -0.3 is 5.32 Å². The maximum absolute atomic E-state index is 3.80. The lowest BCUT2D eigenvalue weighted by molar-refractivity contribution is 0.358. The van der Waals surface area contributed by atoms with Gasteiger partial charge in [-0.15, -0.1) is 0 Å². The Morgan fingerprint density at radius 3 is 2.69 bits per heavy atom. The number of hydrogen-bond acceptors (Lipinski definition) is 1. The van der Waals surface area contributed by atoms with Gasteiger partial charge in [0.05, 0.1) is 0 Å². The maximum atomic E-state index is 3.80. The van der Waals surface area contributed by atoms with Gasteiger partial charge in [-0.3, -0.25) is 0 Å². The topological polar surface area (TPSA) is 12.0 Å². The minimum atomic E-state index is 0.794.